The number of allylic oxidation sites excluding steroid dienone is 1. The van der Waals surface area contributed by atoms with E-state index in [0.717, 1.165) is 4.47 Å². The first-order valence-electron chi connectivity index (χ1n) is 3.88. The lowest BCUT2D eigenvalue weighted by Gasteiger charge is -2.07. The van der Waals surface area contributed by atoms with Crippen LogP contribution in [-0.4, -0.2) is 7.11 Å². The van der Waals surface area contributed by atoms with Gasteiger partial charge in [-0.25, -0.2) is 0 Å². The van der Waals surface area contributed by atoms with E-state index in [-0.39, 0.29) is 0 Å². The Bertz CT molecular complexity index is 407. The molecule has 0 aromatic heterocycles. The molecule has 14 heavy (non-hydrogen) atoms. The molecule has 1 rings (SSSR count). The van der Waals surface area contributed by atoms with Gasteiger partial charge in [-0.1, -0.05) is 15.9 Å². The molecule has 0 aliphatic carbocycles. The fourth-order valence-corrected chi connectivity index (χ4v) is 1.41. The summed E-state index contributed by atoms with van der Waals surface area (Å²) >= 11 is 3.32. The summed E-state index contributed by atoms with van der Waals surface area (Å²) in [5.74, 6) is 0.650. The van der Waals surface area contributed by atoms with Gasteiger partial charge in [0.05, 0.1) is 18.9 Å². The summed E-state index contributed by atoms with van der Waals surface area (Å²) in [6, 6.07) is 7.32. The molecule has 0 bridgehead atoms. The van der Waals surface area contributed by atoms with E-state index in [9.17, 15) is 0 Å². The molecule has 0 aliphatic heterocycles. The highest BCUT2D eigenvalue weighted by molar-refractivity contribution is 9.10. The van der Waals surface area contributed by atoms with Gasteiger partial charge < -0.3 is 10.5 Å². The highest BCUT2D eigenvalue weighted by Gasteiger charge is 2.05. The van der Waals surface area contributed by atoms with Crippen molar-refractivity contribution in [3.63, 3.8) is 0 Å². The first-order valence-corrected chi connectivity index (χ1v) is 4.67. The van der Waals surface area contributed by atoms with Crippen molar-refractivity contribution >= 4 is 21.6 Å². The molecule has 3 nitrogen and oxygen atoms in total. The van der Waals surface area contributed by atoms with Crippen molar-refractivity contribution in [1.29, 1.82) is 5.26 Å². The lowest BCUT2D eigenvalue weighted by atomic mass is 10.1. The molecule has 0 heterocycles. The molecule has 0 unspecified atom stereocenters. The van der Waals surface area contributed by atoms with Gasteiger partial charge in [0.25, 0.3) is 0 Å². The predicted molar refractivity (Wildman–Crippen MR) is 58.5 cm³/mol. The molecular formula is C10H9BrN2O. The van der Waals surface area contributed by atoms with Gasteiger partial charge in [0.2, 0.25) is 0 Å². The van der Waals surface area contributed by atoms with Crippen LogP contribution in [-0.2, 0) is 0 Å². The monoisotopic (exact) mass is 252 g/mol. The largest absolute Gasteiger partial charge is 0.496 e. The molecule has 0 atom stereocenters. The number of benzene rings is 1. The van der Waals surface area contributed by atoms with Crippen LogP contribution in [0.3, 0.4) is 0 Å². The van der Waals surface area contributed by atoms with Crippen molar-refractivity contribution in [2.75, 3.05) is 7.11 Å². The maximum atomic E-state index is 8.47. The molecule has 1 aromatic rings. The van der Waals surface area contributed by atoms with Crippen LogP contribution in [0.15, 0.2) is 28.7 Å². The summed E-state index contributed by atoms with van der Waals surface area (Å²) in [6.07, 6.45) is 1.28. The number of methoxy groups -OCH3 is 1. The number of hydrogen-bond acceptors (Lipinski definition) is 3. The molecule has 0 amide bonds. The first kappa shape index (κ1) is 10.6. The summed E-state index contributed by atoms with van der Waals surface area (Å²) in [5, 5.41) is 8.47. The summed E-state index contributed by atoms with van der Waals surface area (Å²) < 4.78 is 6.01. The third-order valence-corrected chi connectivity index (χ3v) is 2.19. The summed E-state index contributed by atoms with van der Waals surface area (Å²) in [4.78, 5) is 0. The summed E-state index contributed by atoms with van der Waals surface area (Å²) in [6.45, 7) is 0. The van der Waals surface area contributed by atoms with E-state index < -0.39 is 0 Å². The van der Waals surface area contributed by atoms with E-state index in [4.69, 9.17) is 15.7 Å². The smallest absolute Gasteiger partial charge is 0.128 e. The van der Waals surface area contributed by atoms with Gasteiger partial charge in [-0.15, -0.1) is 0 Å². The molecule has 0 spiro atoms. The maximum absolute atomic E-state index is 8.47. The second-order valence-corrected chi connectivity index (χ2v) is 3.49. The highest BCUT2D eigenvalue weighted by atomic mass is 79.9. The lowest BCUT2D eigenvalue weighted by molar-refractivity contribution is 0.413. The SMILES string of the molecule is COc1ccc(Br)cc1/C(N)=C/C#N. The fraction of sp³-hybridized carbons (Fsp3) is 0.100. The molecule has 0 aliphatic rings. The first-order chi connectivity index (χ1) is 6.69. The van der Waals surface area contributed by atoms with E-state index in [1.807, 2.05) is 18.2 Å². The Hall–Kier alpha value is -1.47. The van der Waals surface area contributed by atoms with Gasteiger partial charge in [0.15, 0.2) is 0 Å². The highest BCUT2D eigenvalue weighted by Crippen LogP contribution is 2.26. The minimum Gasteiger partial charge on any atom is -0.496 e. The van der Waals surface area contributed by atoms with E-state index in [1.54, 1.807) is 13.2 Å². The van der Waals surface area contributed by atoms with Crippen molar-refractivity contribution in [1.82, 2.24) is 0 Å². The maximum Gasteiger partial charge on any atom is 0.128 e. The van der Waals surface area contributed by atoms with Crippen molar-refractivity contribution < 1.29 is 4.74 Å². The lowest BCUT2D eigenvalue weighted by Crippen LogP contribution is -1.99. The Kier molecular flexibility index (Phi) is 3.55. The van der Waals surface area contributed by atoms with E-state index in [2.05, 4.69) is 15.9 Å². The fourth-order valence-electron chi connectivity index (χ4n) is 1.05. The Morgan fingerprint density at radius 1 is 1.64 bits per heavy atom. The number of rotatable bonds is 2. The van der Waals surface area contributed by atoms with Crippen LogP contribution in [0.1, 0.15) is 5.56 Å². The molecule has 0 saturated carbocycles. The molecule has 1 aromatic carbocycles. The van der Waals surface area contributed by atoms with Gasteiger partial charge in [-0.2, -0.15) is 5.26 Å². The van der Waals surface area contributed by atoms with Crippen molar-refractivity contribution in [3.05, 3.63) is 34.3 Å². The Balaban J connectivity index is 3.25. The average molecular weight is 253 g/mol. The summed E-state index contributed by atoms with van der Waals surface area (Å²) in [7, 11) is 1.56. The number of ether oxygens (including phenoxy) is 1. The zero-order valence-electron chi connectivity index (χ0n) is 7.62. The number of nitriles is 1. The van der Waals surface area contributed by atoms with E-state index in [0.29, 0.717) is 17.0 Å². The van der Waals surface area contributed by atoms with Crippen LogP contribution in [0.2, 0.25) is 0 Å². The van der Waals surface area contributed by atoms with Crippen LogP contribution >= 0.6 is 15.9 Å². The van der Waals surface area contributed by atoms with Crippen LogP contribution in [0, 0.1) is 11.3 Å². The van der Waals surface area contributed by atoms with Crippen LogP contribution < -0.4 is 10.5 Å². The van der Waals surface area contributed by atoms with Crippen LogP contribution in [0.25, 0.3) is 5.70 Å². The number of nitrogens with zero attached hydrogens (tertiary/aromatic N) is 1. The number of nitrogens with two attached hydrogens (primary N) is 1. The quantitative estimate of drug-likeness (QED) is 0.822. The average Bonchev–Trinajstić information content (AvgIpc) is 2.18. The number of hydrogen-bond donors (Lipinski definition) is 1. The minimum absolute atomic E-state index is 0.394. The third-order valence-electron chi connectivity index (χ3n) is 1.69. The van der Waals surface area contributed by atoms with Crippen molar-refractivity contribution in [2.45, 2.75) is 0 Å². The molecule has 72 valence electrons. The topological polar surface area (TPSA) is 59.0 Å². The Morgan fingerprint density at radius 2 is 2.36 bits per heavy atom. The molecule has 0 fully saturated rings. The molecular weight excluding hydrogens is 244 g/mol. The summed E-state index contributed by atoms with van der Waals surface area (Å²) in [5.41, 5.74) is 6.79. The molecule has 0 saturated heterocycles. The second-order valence-electron chi connectivity index (χ2n) is 2.57. The number of halogens is 1. The van der Waals surface area contributed by atoms with Crippen LogP contribution in [0.5, 0.6) is 5.75 Å². The Labute approximate surface area is 90.9 Å². The molecule has 2 N–H and O–H groups in total. The third kappa shape index (κ3) is 2.27. The Morgan fingerprint density at radius 3 is 2.93 bits per heavy atom. The van der Waals surface area contributed by atoms with Gasteiger partial charge >= 0.3 is 0 Å². The zero-order chi connectivity index (χ0) is 10.6. The van der Waals surface area contributed by atoms with Gasteiger partial charge in [0.1, 0.15) is 5.75 Å². The van der Waals surface area contributed by atoms with Gasteiger partial charge in [0, 0.05) is 16.1 Å². The molecule has 4 heteroatoms. The van der Waals surface area contributed by atoms with E-state index in [1.165, 1.54) is 6.08 Å². The predicted octanol–water partition coefficient (Wildman–Crippen LogP) is 2.28. The second kappa shape index (κ2) is 4.68. The van der Waals surface area contributed by atoms with Gasteiger partial charge in [-0.3, -0.25) is 0 Å². The standard InChI is InChI=1S/C10H9BrN2O/c1-14-10-3-2-7(11)6-8(10)9(13)4-5-12/h2-4,6H,13H2,1H3/b9-4-. The van der Waals surface area contributed by atoms with Gasteiger partial charge in [-0.05, 0) is 18.2 Å². The molecule has 0 radical (unpaired) electrons. The van der Waals surface area contributed by atoms with Crippen molar-refractivity contribution in [3.8, 4) is 11.8 Å². The normalized spacial score (nSPS) is 10.8. The van der Waals surface area contributed by atoms with Crippen LogP contribution in [0.4, 0.5) is 0 Å². The van der Waals surface area contributed by atoms with E-state index >= 15 is 0 Å². The minimum atomic E-state index is 0.394. The zero-order valence-corrected chi connectivity index (χ0v) is 9.21. The van der Waals surface area contributed by atoms with Crippen molar-refractivity contribution in [2.24, 2.45) is 5.73 Å².